The fourth-order valence-corrected chi connectivity index (χ4v) is 2.75. The topological polar surface area (TPSA) is 62.2 Å². The summed E-state index contributed by atoms with van der Waals surface area (Å²) >= 11 is 0. The summed E-state index contributed by atoms with van der Waals surface area (Å²) in [5, 5.41) is 8.98. The SMILES string of the molecule is Cc1cc(C)nc(N=C2Nc3cccc4cccc(c34)N2)n1. The van der Waals surface area contributed by atoms with Crippen LogP contribution in [0.3, 0.4) is 0 Å². The second kappa shape index (κ2) is 4.80. The maximum absolute atomic E-state index is 4.50. The molecule has 0 fully saturated rings. The smallest absolute Gasteiger partial charge is 0.253 e. The molecule has 0 amide bonds. The van der Waals surface area contributed by atoms with Crippen LogP contribution in [0.2, 0.25) is 0 Å². The molecular weight excluding hydrogens is 274 g/mol. The van der Waals surface area contributed by atoms with Gasteiger partial charge in [-0.2, -0.15) is 4.99 Å². The average Bonchev–Trinajstić information content (AvgIpc) is 2.46. The lowest BCUT2D eigenvalue weighted by Gasteiger charge is -2.21. The van der Waals surface area contributed by atoms with Crippen molar-refractivity contribution in [3.8, 4) is 0 Å². The molecule has 22 heavy (non-hydrogen) atoms. The van der Waals surface area contributed by atoms with E-state index >= 15 is 0 Å². The summed E-state index contributed by atoms with van der Waals surface area (Å²) in [6.07, 6.45) is 0. The summed E-state index contributed by atoms with van der Waals surface area (Å²) in [5.41, 5.74) is 3.89. The van der Waals surface area contributed by atoms with Crippen molar-refractivity contribution in [1.29, 1.82) is 0 Å². The third-order valence-corrected chi connectivity index (χ3v) is 3.59. The molecule has 5 nitrogen and oxygen atoms in total. The summed E-state index contributed by atoms with van der Waals surface area (Å²) in [7, 11) is 0. The van der Waals surface area contributed by atoms with E-state index in [0.717, 1.165) is 22.8 Å². The van der Waals surface area contributed by atoms with Crippen molar-refractivity contribution < 1.29 is 0 Å². The zero-order chi connectivity index (χ0) is 15.1. The summed E-state index contributed by atoms with van der Waals surface area (Å²) in [6, 6.07) is 14.3. The van der Waals surface area contributed by atoms with Gasteiger partial charge < -0.3 is 10.6 Å². The lowest BCUT2D eigenvalue weighted by atomic mass is 10.1. The Kier molecular flexibility index (Phi) is 2.79. The lowest BCUT2D eigenvalue weighted by molar-refractivity contribution is 1.04. The van der Waals surface area contributed by atoms with Gasteiger partial charge in [0.1, 0.15) is 0 Å². The van der Waals surface area contributed by atoms with Gasteiger partial charge in [0, 0.05) is 16.8 Å². The molecule has 2 N–H and O–H groups in total. The first-order chi connectivity index (χ1) is 10.7. The molecule has 2 heterocycles. The van der Waals surface area contributed by atoms with E-state index in [4.69, 9.17) is 0 Å². The third-order valence-electron chi connectivity index (χ3n) is 3.59. The molecule has 0 spiro atoms. The van der Waals surface area contributed by atoms with Crippen LogP contribution in [0.25, 0.3) is 10.8 Å². The Labute approximate surface area is 128 Å². The van der Waals surface area contributed by atoms with Crippen LogP contribution in [0.5, 0.6) is 0 Å². The fourth-order valence-electron chi connectivity index (χ4n) is 2.75. The first-order valence-corrected chi connectivity index (χ1v) is 7.16. The van der Waals surface area contributed by atoms with Crippen LogP contribution in [-0.2, 0) is 0 Å². The Morgan fingerprint density at radius 2 is 1.45 bits per heavy atom. The van der Waals surface area contributed by atoms with Gasteiger partial charge in [-0.3, -0.25) is 0 Å². The van der Waals surface area contributed by atoms with Gasteiger partial charge in [0.2, 0.25) is 5.96 Å². The Bertz CT molecular complexity index is 851. The number of hydrogen-bond acceptors (Lipinski definition) is 3. The van der Waals surface area contributed by atoms with Crippen LogP contribution in [-0.4, -0.2) is 15.9 Å². The van der Waals surface area contributed by atoms with Crippen LogP contribution in [0.1, 0.15) is 11.4 Å². The van der Waals surface area contributed by atoms with Gasteiger partial charge >= 0.3 is 0 Å². The van der Waals surface area contributed by atoms with Crippen LogP contribution < -0.4 is 10.6 Å². The summed E-state index contributed by atoms with van der Waals surface area (Å²) in [5.74, 6) is 1.09. The number of nitrogens with one attached hydrogen (secondary N) is 2. The zero-order valence-electron chi connectivity index (χ0n) is 12.4. The highest BCUT2D eigenvalue weighted by molar-refractivity contribution is 6.19. The quantitative estimate of drug-likeness (QED) is 0.716. The molecule has 1 aromatic heterocycles. The summed E-state index contributed by atoms with van der Waals surface area (Å²) < 4.78 is 0. The molecule has 108 valence electrons. The fraction of sp³-hybridized carbons (Fsp3) is 0.118. The molecule has 0 atom stereocenters. The molecule has 0 unspecified atom stereocenters. The number of aryl methyl sites for hydroxylation is 2. The van der Waals surface area contributed by atoms with E-state index < -0.39 is 0 Å². The highest BCUT2D eigenvalue weighted by atomic mass is 15.2. The number of rotatable bonds is 1. The molecule has 1 aliphatic heterocycles. The zero-order valence-corrected chi connectivity index (χ0v) is 12.4. The van der Waals surface area contributed by atoms with Crippen LogP contribution in [0, 0.1) is 13.8 Å². The number of aromatic nitrogens is 2. The molecule has 0 saturated heterocycles. The van der Waals surface area contributed by atoms with Crippen molar-refractivity contribution in [3.05, 3.63) is 53.9 Å². The highest BCUT2D eigenvalue weighted by Gasteiger charge is 2.15. The number of guanidine groups is 1. The van der Waals surface area contributed by atoms with Gasteiger partial charge in [-0.15, -0.1) is 0 Å². The predicted molar refractivity (Wildman–Crippen MR) is 89.8 cm³/mol. The van der Waals surface area contributed by atoms with Crippen LogP contribution >= 0.6 is 0 Å². The Morgan fingerprint density at radius 3 is 2.05 bits per heavy atom. The summed E-state index contributed by atoms with van der Waals surface area (Å²) in [6.45, 7) is 3.88. The van der Waals surface area contributed by atoms with Crippen molar-refractivity contribution in [2.75, 3.05) is 10.6 Å². The highest BCUT2D eigenvalue weighted by Crippen LogP contribution is 2.33. The molecule has 4 rings (SSSR count). The monoisotopic (exact) mass is 289 g/mol. The minimum atomic E-state index is 0.457. The normalized spacial score (nSPS) is 12.7. The minimum absolute atomic E-state index is 0.457. The van der Waals surface area contributed by atoms with Gasteiger partial charge in [0.25, 0.3) is 5.95 Å². The van der Waals surface area contributed by atoms with Crippen molar-refractivity contribution in [1.82, 2.24) is 9.97 Å². The number of hydrogen-bond donors (Lipinski definition) is 2. The van der Waals surface area contributed by atoms with E-state index in [9.17, 15) is 0 Å². The number of nitrogens with zero attached hydrogens (tertiary/aromatic N) is 3. The predicted octanol–water partition coefficient (Wildman–Crippen LogP) is 3.77. The molecule has 2 aromatic carbocycles. The second-order valence-electron chi connectivity index (χ2n) is 5.37. The maximum Gasteiger partial charge on any atom is 0.253 e. The Hall–Kier alpha value is -2.95. The van der Waals surface area contributed by atoms with E-state index in [0.29, 0.717) is 11.9 Å². The van der Waals surface area contributed by atoms with Crippen molar-refractivity contribution >= 4 is 34.1 Å². The third kappa shape index (κ3) is 2.16. The van der Waals surface area contributed by atoms with E-state index in [1.807, 2.05) is 44.2 Å². The largest absolute Gasteiger partial charge is 0.325 e. The second-order valence-corrected chi connectivity index (χ2v) is 5.37. The van der Waals surface area contributed by atoms with E-state index in [1.54, 1.807) is 0 Å². The van der Waals surface area contributed by atoms with E-state index in [-0.39, 0.29) is 0 Å². The number of aliphatic imine (C=N–C) groups is 1. The molecule has 3 aromatic rings. The molecule has 0 radical (unpaired) electrons. The van der Waals surface area contributed by atoms with E-state index in [1.165, 1.54) is 10.8 Å². The standard InChI is InChI=1S/C17H15N5/c1-10-9-11(2)19-16(18-10)22-17-20-13-7-3-5-12-6-4-8-14(21-17)15(12)13/h3-9H,1-2H3,(H2,18,19,20,21,22). The summed E-state index contributed by atoms with van der Waals surface area (Å²) in [4.78, 5) is 13.2. The molecular formula is C17H15N5. The van der Waals surface area contributed by atoms with Crippen molar-refractivity contribution in [3.63, 3.8) is 0 Å². The van der Waals surface area contributed by atoms with Gasteiger partial charge in [-0.1, -0.05) is 24.3 Å². The Balaban J connectivity index is 1.79. The number of anilines is 2. The number of benzene rings is 2. The van der Waals surface area contributed by atoms with Gasteiger partial charge in [0.15, 0.2) is 0 Å². The van der Waals surface area contributed by atoms with Crippen LogP contribution in [0.15, 0.2) is 47.5 Å². The van der Waals surface area contributed by atoms with Crippen LogP contribution in [0.4, 0.5) is 17.3 Å². The molecule has 0 aliphatic carbocycles. The van der Waals surface area contributed by atoms with Crippen molar-refractivity contribution in [2.45, 2.75) is 13.8 Å². The molecule has 1 aliphatic rings. The first kappa shape index (κ1) is 12.8. The molecule has 0 saturated carbocycles. The van der Waals surface area contributed by atoms with E-state index in [2.05, 4.69) is 37.7 Å². The first-order valence-electron chi connectivity index (χ1n) is 7.16. The average molecular weight is 289 g/mol. The van der Waals surface area contributed by atoms with Gasteiger partial charge in [0.05, 0.1) is 11.4 Å². The molecule has 5 heteroatoms. The maximum atomic E-state index is 4.50. The lowest BCUT2D eigenvalue weighted by Crippen LogP contribution is -2.25. The minimum Gasteiger partial charge on any atom is -0.325 e. The molecule has 0 bridgehead atoms. The Morgan fingerprint density at radius 1 is 0.864 bits per heavy atom. The van der Waals surface area contributed by atoms with Gasteiger partial charge in [-0.05, 0) is 37.4 Å². The van der Waals surface area contributed by atoms with Crippen molar-refractivity contribution in [2.24, 2.45) is 4.99 Å². The van der Waals surface area contributed by atoms with Gasteiger partial charge in [-0.25, -0.2) is 9.97 Å².